The van der Waals surface area contributed by atoms with Crippen LogP contribution in [0.15, 0.2) is 4.52 Å². The van der Waals surface area contributed by atoms with Gasteiger partial charge < -0.3 is 14.9 Å². The van der Waals surface area contributed by atoms with Crippen molar-refractivity contribution in [3.63, 3.8) is 0 Å². The third-order valence-electron chi connectivity index (χ3n) is 2.04. The SMILES string of the molecule is CNC(C)Cc1nc(CCCO)no1. The van der Waals surface area contributed by atoms with Crippen molar-refractivity contribution >= 4 is 0 Å². The van der Waals surface area contributed by atoms with E-state index in [1.54, 1.807) is 0 Å². The van der Waals surface area contributed by atoms with Crippen LogP contribution in [0, 0.1) is 0 Å². The minimum atomic E-state index is 0.163. The third-order valence-corrected chi connectivity index (χ3v) is 2.04. The van der Waals surface area contributed by atoms with Gasteiger partial charge in [0.1, 0.15) is 0 Å². The van der Waals surface area contributed by atoms with Crippen LogP contribution in [0.2, 0.25) is 0 Å². The number of aliphatic hydroxyl groups excluding tert-OH is 1. The Morgan fingerprint density at radius 2 is 2.36 bits per heavy atom. The van der Waals surface area contributed by atoms with Gasteiger partial charge in [0.05, 0.1) is 0 Å². The zero-order chi connectivity index (χ0) is 10.4. The zero-order valence-corrected chi connectivity index (χ0v) is 8.66. The van der Waals surface area contributed by atoms with E-state index in [4.69, 9.17) is 9.63 Å². The third kappa shape index (κ3) is 3.43. The molecule has 1 heterocycles. The minimum Gasteiger partial charge on any atom is -0.396 e. The van der Waals surface area contributed by atoms with Crippen molar-refractivity contribution in [2.45, 2.75) is 32.2 Å². The fourth-order valence-corrected chi connectivity index (χ4v) is 1.08. The highest BCUT2D eigenvalue weighted by Crippen LogP contribution is 2.02. The first-order chi connectivity index (χ1) is 6.76. The van der Waals surface area contributed by atoms with Crippen LogP contribution in [0.3, 0.4) is 0 Å². The second kappa shape index (κ2) is 5.72. The summed E-state index contributed by atoms with van der Waals surface area (Å²) in [5.41, 5.74) is 0. The maximum Gasteiger partial charge on any atom is 0.228 e. The number of aryl methyl sites for hydroxylation is 1. The first kappa shape index (κ1) is 11.1. The van der Waals surface area contributed by atoms with E-state index < -0.39 is 0 Å². The maximum absolute atomic E-state index is 8.62. The van der Waals surface area contributed by atoms with Crippen molar-refractivity contribution in [1.82, 2.24) is 15.5 Å². The van der Waals surface area contributed by atoms with Gasteiger partial charge in [-0.1, -0.05) is 5.16 Å². The zero-order valence-electron chi connectivity index (χ0n) is 8.66. The molecule has 80 valence electrons. The van der Waals surface area contributed by atoms with E-state index in [2.05, 4.69) is 22.4 Å². The van der Waals surface area contributed by atoms with Gasteiger partial charge in [-0.2, -0.15) is 4.98 Å². The molecule has 0 amide bonds. The lowest BCUT2D eigenvalue weighted by Gasteiger charge is -2.04. The van der Waals surface area contributed by atoms with Gasteiger partial charge in [0.2, 0.25) is 5.89 Å². The number of hydrogen-bond acceptors (Lipinski definition) is 5. The highest BCUT2D eigenvalue weighted by atomic mass is 16.5. The van der Waals surface area contributed by atoms with Crippen molar-refractivity contribution in [3.05, 3.63) is 11.7 Å². The molecule has 14 heavy (non-hydrogen) atoms. The van der Waals surface area contributed by atoms with Gasteiger partial charge in [-0.3, -0.25) is 0 Å². The van der Waals surface area contributed by atoms with Crippen molar-refractivity contribution < 1.29 is 9.63 Å². The molecule has 0 aliphatic rings. The van der Waals surface area contributed by atoms with Crippen LogP contribution in [0.4, 0.5) is 0 Å². The largest absolute Gasteiger partial charge is 0.396 e. The van der Waals surface area contributed by atoms with Crippen LogP contribution in [-0.4, -0.2) is 34.9 Å². The molecule has 2 N–H and O–H groups in total. The molecule has 0 aliphatic carbocycles. The monoisotopic (exact) mass is 199 g/mol. The van der Waals surface area contributed by atoms with Gasteiger partial charge >= 0.3 is 0 Å². The normalized spacial score (nSPS) is 13.1. The van der Waals surface area contributed by atoms with Crippen LogP contribution in [-0.2, 0) is 12.8 Å². The molecule has 0 aliphatic heterocycles. The van der Waals surface area contributed by atoms with Crippen molar-refractivity contribution in [3.8, 4) is 0 Å². The standard InChI is InChI=1S/C9H17N3O2/c1-7(10-2)6-9-11-8(12-14-9)4-3-5-13/h7,10,13H,3-6H2,1-2H3. The van der Waals surface area contributed by atoms with E-state index in [0.717, 1.165) is 6.42 Å². The predicted octanol–water partition coefficient (Wildman–Crippen LogP) is 0.145. The summed E-state index contributed by atoms with van der Waals surface area (Å²) in [4.78, 5) is 4.21. The molecule has 1 unspecified atom stereocenters. The topological polar surface area (TPSA) is 71.2 Å². The van der Waals surface area contributed by atoms with Gasteiger partial charge in [-0.25, -0.2) is 0 Å². The highest BCUT2D eigenvalue weighted by molar-refractivity contribution is 4.88. The molecule has 5 heteroatoms. The van der Waals surface area contributed by atoms with Gasteiger partial charge in [0.25, 0.3) is 0 Å². The van der Waals surface area contributed by atoms with Gasteiger partial charge in [-0.15, -0.1) is 0 Å². The van der Waals surface area contributed by atoms with Crippen LogP contribution in [0.1, 0.15) is 25.1 Å². The quantitative estimate of drug-likeness (QED) is 0.682. The number of aromatic nitrogens is 2. The van der Waals surface area contributed by atoms with E-state index >= 15 is 0 Å². The van der Waals surface area contributed by atoms with Gasteiger partial charge in [-0.05, 0) is 20.4 Å². The van der Waals surface area contributed by atoms with Gasteiger partial charge in [0, 0.05) is 25.5 Å². The summed E-state index contributed by atoms with van der Waals surface area (Å²) in [6, 6.07) is 0.334. The Bertz CT molecular complexity index is 262. The number of nitrogens with one attached hydrogen (secondary N) is 1. The Morgan fingerprint density at radius 3 is 3.00 bits per heavy atom. The summed E-state index contributed by atoms with van der Waals surface area (Å²) < 4.78 is 5.05. The minimum absolute atomic E-state index is 0.163. The summed E-state index contributed by atoms with van der Waals surface area (Å²) in [5.74, 6) is 1.33. The molecular formula is C9H17N3O2. The lowest BCUT2D eigenvalue weighted by atomic mass is 10.2. The van der Waals surface area contributed by atoms with Gasteiger partial charge in [0.15, 0.2) is 5.82 Å². The molecule has 0 saturated carbocycles. The summed E-state index contributed by atoms with van der Waals surface area (Å²) >= 11 is 0. The average Bonchev–Trinajstić information content (AvgIpc) is 2.62. The Hall–Kier alpha value is -0.940. The van der Waals surface area contributed by atoms with Crippen molar-refractivity contribution in [2.75, 3.05) is 13.7 Å². The number of nitrogens with zero attached hydrogens (tertiary/aromatic N) is 2. The second-order valence-electron chi connectivity index (χ2n) is 3.33. The number of hydrogen-bond donors (Lipinski definition) is 2. The number of rotatable bonds is 6. The molecule has 1 aromatic heterocycles. The molecule has 1 aromatic rings. The van der Waals surface area contributed by atoms with E-state index in [9.17, 15) is 0 Å². The molecule has 1 rings (SSSR count). The Balaban J connectivity index is 2.42. The lowest BCUT2D eigenvalue weighted by molar-refractivity contribution is 0.286. The molecule has 5 nitrogen and oxygen atoms in total. The summed E-state index contributed by atoms with van der Waals surface area (Å²) in [6.07, 6.45) is 2.09. The molecule has 0 radical (unpaired) electrons. The molecule has 1 atom stereocenters. The summed E-state index contributed by atoms with van der Waals surface area (Å²) in [5, 5.41) is 15.5. The fraction of sp³-hybridized carbons (Fsp3) is 0.778. The summed E-state index contributed by atoms with van der Waals surface area (Å²) in [6.45, 7) is 2.22. The highest BCUT2D eigenvalue weighted by Gasteiger charge is 2.08. The Kier molecular flexibility index (Phi) is 4.55. The lowest BCUT2D eigenvalue weighted by Crippen LogP contribution is -2.23. The van der Waals surface area contributed by atoms with E-state index in [0.29, 0.717) is 30.6 Å². The first-order valence-electron chi connectivity index (χ1n) is 4.86. The predicted molar refractivity (Wildman–Crippen MR) is 51.9 cm³/mol. The van der Waals surface area contributed by atoms with Crippen molar-refractivity contribution in [2.24, 2.45) is 0 Å². The van der Waals surface area contributed by atoms with Crippen molar-refractivity contribution in [1.29, 1.82) is 0 Å². The van der Waals surface area contributed by atoms with Crippen LogP contribution < -0.4 is 5.32 Å². The van der Waals surface area contributed by atoms with Crippen LogP contribution >= 0.6 is 0 Å². The van der Waals surface area contributed by atoms with Crippen LogP contribution in [0.25, 0.3) is 0 Å². The number of likely N-dealkylation sites (N-methyl/N-ethyl adjacent to an activating group) is 1. The van der Waals surface area contributed by atoms with E-state index in [1.165, 1.54) is 0 Å². The molecule has 0 spiro atoms. The second-order valence-corrected chi connectivity index (χ2v) is 3.33. The fourth-order valence-electron chi connectivity index (χ4n) is 1.08. The first-order valence-corrected chi connectivity index (χ1v) is 4.86. The molecule has 0 fully saturated rings. The smallest absolute Gasteiger partial charge is 0.228 e. The molecular weight excluding hydrogens is 182 g/mol. The molecule has 0 saturated heterocycles. The summed E-state index contributed by atoms with van der Waals surface area (Å²) in [7, 11) is 1.90. The van der Waals surface area contributed by atoms with E-state index in [-0.39, 0.29) is 6.61 Å². The Morgan fingerprint density at radius 1 is 1.57 bits per heavy atom. The van der Waals surface area contributed by atoms with Crippen LogP contribution in [0.5, 0.6) is 0 Å². The molecule has 0 bridgehead atoms. The average molecular weight is 199 g/mol. The van der Waals surface area contributed by atoms with E-state index in [1.807, 2.05) is 7.05 Å². The Labute approximate surface area is 83.5 Å². The molecule has 0 aromatic carbocycles. The number of aliphatic hydroxyl groups is 1. The maximum atomic E-state index is 8.62.